The lowest BCUT2D eigenvalue weighted by Gasteiger charge is -2.06. The summed E-state index contributed by atoms with van der Waals surface area (Å²) in [6.45, 7) is 59.3. The monoisotopic (exact) mass is 1480 g/mol. The lowest BCUT2D eigenvalue weighted by molar-refractivity contribution is 0.177. The van der Waals surface area contributed by atoms with Crippen LogP contribution in [0.1, 0.15) is 288 Å². The number of hydrogen-bond donors (Lipinski definition) is 0. The molecule has 0 aliphatic rings. The summed E-state index contributed by atoms with van der Waals surface area (Å²) in [6.07, 6.45) is 31.1. The first-order valence-corrected chi connectivity index (χ1v) is 37.3. The zero-order chi connectivity index (χ0) is 77.9. The second-order valence-electron chi connectivity index (χ2n) is 26.7. The molecule has 11 rings (SSSR count). The number of rotatable bonds is 17. The van der Waals surface area contributed by atoms with Crippen LogP contribution in [0.4, 0.5) is 0 Å². The van der Waals surface area contributed by atoms with E-state index in [2.05, 4.69) is 275 Å². The van der Waals surface area contributed by atoms with Crippen LogP contribution in [0, 0.1) is 27.7 Å². The van der Waals surface area contributed by atoms with E-state index in [1.165, 1.54) is 28.8 Å². The summed E-state index contributed by atoms with van der Waals surface area (Å²) < 4.78 is 35.4. The average molecular weight is 1490 g/mol. The van der Waals surface area contributed by atoms with Crippen LogP contribution in [0.3, 0.4) is 0 Å². The average Bonchev–Trinajstić information content (AvgIpc) is 1.77. The molecule has 0 radical (unpaired) electrons. The first-order valence-electron chi connectivity index (χ1n) is 35.4. The standard InChI is InChI=1S/C8H14N2O.C8H14N2.C7H11ClN2.C7H13N3O.C7H13N3.C7H12N2.C6H11N3.C6H10N2S.C6H10N2.C5H9N3.C5H8N2S/c1-7(2)10-4-8(5-11-3)9-6-10;1-4-8-5-10(6-9-8)7(2)3;1-5(2)10-4-9-6(3)7(10)8;1-6(2)10-5-8-7(9-10)4-11-3;1-4-7-8-5-10(9-7)6(2)3;1-6(2)9-4-7(3)8-5-9;1-5(2)9-4-7-6(3)8-9;1-4(2)6-7-5(3)8-9-6;1-6(2)8-4-3-7-5-8;1-5(2)8-4-6-3-7-8;1-4(2)5-6-3-7-8-5/h4,6-7H,5H2,1-3H3;5-7H,4H2,1-3H3;4-5H,1-3H3;5-6H,4H2,1-3H3;5-6H,4H2,1-3H3;4-6H,1-3H3;4-5H,1-3H3;4H,1-3H3;3-6H,1-2H3;3-5H,1-2H3;3-4H,1-2H3. The second-order valence-corrected chi connectivity index (χ2v) is 28.7. The van der Waals surface area contributed by atoms with Gasteiger partial charge in [-0.1, -0.05) is 53.1 Å². The number of imidazole rings is 5. The molecule has 0 aromatic carbocycles. The fourth-order valence-electron chi connectivity index (χ4n) is 7.38. The van der Waals surface area contributed by atoms with Crippen LogP contribution < -0.4 is 0 Å². The van der Waals surface area contributed by atoms with E-state index < -0.39 is 0 Å². The number of aryl methyl sites for hydroxylation is 6. The van der Waals surface area contributed by atoms with Crippen LogP contribution in [0.5, 0.6) is 0 Å². The van der Waals surface area contributed by atoms with Crippen LogP contribution in [0.15, 0.2) is 101 Å². The molecule has 0 unspecified atom stereocenters. The maximum atomic E-state index is 5.90. The maximum absolute atomic E-state index is 5.90. The summed E-state index contributed by atoms with van der Waals surface area (Å²) in [5, 5.41) is 19.4. The van der Waals surface area contributed by atoms with Gasteiger partial charge in [0.2, 0.25) is 0 Å². The number of ether oxygens (including phenoxy) is 2. The maximum Gasteiger partial charge on any atom is 0.176 e. The molecule has 11 aromatic heterocycles. The number of methoxy groups -OCH3 is 2. The highest BCUT2D eigenvalue weighted by Gasteiger charge is 2.08. The summed E-state index contributed by atoms with van der Waals surface area (Å²) in [5.74, 6) is 4.45. The summed E-state index contributed by atoms with van der Waals surface area (Å²) in [7, 11) is 3.31. The molecule has 11 heterocycles. The van der Waals surface area contributed by atoms with Gasteiger partial charge in [0.1, 0.15) is 77.2 Å². The molecule has 31 heteroatoms. The van der Waals surface area contributed by atoms with Gasteiger partial charge in [-0.2, -0.15) is 29.1 Å². The Balaban J connectivity index is 0.000000567. The van der Waals surface area contributed by atoms with Crippen molar-refractivity contribution in [3.63, 3.8) is 0 Å². The normalized spacial score (nSPS) is 10.7. The van der Waals surface area contributed by atoms with Crippen molar-refractivity contribution < 1.29 is 9.47 Å². The highest BCUT2D eigenvalue weighted by atomic mass is 35.5. The van der Waals surface area contributed by atoms with Crippen molar-refractivity contribution in [2.24, 2.45) is 0 Å². The van der Waals surface area contributed by atoms with Crippen molar-refractivity contribution in [2.75, 3.05) is 14.2 Å². The summed E-state index contributed by atoms with van der Waals surface area (Å²) in [4.78, 5) is 44.6. The van der Waals surface area contributed by atoms with E-state index >= 15 is 0 Å². The zero-order valence-corrected chi connectivity index (χ0v) is 69.9. The molecule has 0 bridgehead atoms. The zero-order valence-electron chi connectivity index (χ0n) is 67.6. The molecule has 0 aliphatic carbocycles. The molecule has 0 fully saturated rings. The van der Waals surface area contributed by atoms with Gasteiger partial charge in [-0.05, 0) is 182 Å². The summed E-state index contributed by atoms with van der Waals surface area (Å²) >= 11 is 8.87. The van der Waals surface area contributed by atoms with Crippen molar-refractivity contribution in [1.82, 2.24) is 126 Å². The number of aromatic nitrogens is 26. The molecular weight excluding hydrogens is 1360 g/mol. The molecular formula is C72H125ClN26O2S2. The summed E-state index contributed by atoms with van der Waals surface area (Å²) in [6, 6.07) is 4.13. The minimum Gasteiger partial charge on any atom is -0.378 e. The fourth-order valence-corrected chi connectivity index (χ4v) is 8.83. The largest absolute Gasteiger partial charge is 0.378 e. The van der Waals surface area contributed by atoms with Gasteiger partial charge in [-0.3, -0.25) is 18.7 Å². The third-order valence-electron chi connectivity index (χ3n) is 13.8. The van der Waals surface area contributed by atoms with E-state index in [9.17, 15) is 0 Å². The Kier molecular flexibility index (Phi) is 46.2. The SMILES string of the molecule is CC(C)c1ncns1.CC(C)n1ccnc1.CC(C)n1cncn1.CCc1cn(C(C)C)cn1.CCc1ncn(C(C)C)n1.COCc1cn(C(C)C)cn1.COCc1ncn(C(C)C)n1.Cc1cn(C(C)C)cn1.Cc1ncn(C(C)C)c1Cl.Cc1ncn(C(C)C)n1.Cc1nsc(C(C)C)n1. The predicted molar refractivity (Wildman–Crippen MR) is 417 cm³/mol. The Bertz CT molecular complexity index is 3470. The topological polar surface area (TPSA) is 282 Å². The van der Waals surface area contributed by atoms with Crippen LogP contribution in [-0.4, -0.2) is 140 Å². The Labute approximate surface area is 628 Å². The van der Waals surface area contributed by atoms with Gasteiger partial charge >= 0.3 is 0 Å². The third kappa shape index (κ3) is 38.9. The van der Waals surface area contributed by atoms with Crippen molar-refractivity contribution in [1.29, 1.82) is 0 Å². The van der Waals surface area contributed by atoms with Gasteiger partial charge in [0, 0.05) is 118 Å². The van der Waals surface area contributed by atoms with Crippen LogP contribution in [0.25, 0.3) is 0 Å². The van der Waals surface area contributed by atoms with Crippen LogP contribution in [-0.2, 0) is 35.5 Å². The molecule has 0 atom stereocenters. The van der Waals surface area contributed by atoms with E-state index in [0.717, 1.165) is 68.4 Å². The molecule has 11 aromatic rings. The van der Waals surface area contributed by atoms with E-state index in [-0.39, 0.29) is 0 Å². The fraction of sp³-hybridized carbons (Fsp3) is 0.625. The van der Waals surface area contributed by atoms with Crippen molar-refractivity contribution in [2.45, 2.75) is 286 Å². The third-order valence-corrected chi connectivity index (χ3v) is 16.4. The van der Waals surface area contributed by atoms with Gasteiger partial charge in [-0.15, -0.1) is 0 Å². The lowest BCUT2D eigenvalue weighted by atomic mass is 10.2. The minimum atomic E-state index is 0.369. The highest BCUT2D eigenvalue weighted by molar-refractivity contribution is 7.05. The predicted octanol–water partition coefficient (Wildman–Crippen LogP) is 17.4. The number of nitrogens with zero attached hydrogens (tertiary/aromatic N) is 26. The Morgan fingerprint density at radius 3 is 1.19 bits per heavy atom. The molecule has 0 amide bonds. The van der Waals surface area contributed by atoms with Crippen molar-refractivity contribution in [3.05, 3.63) is 162 Å². The molecule has 0 aliphatic heterocycles. The number of hydrogen-bond acceptors (Lipinski definition) is 21. The quantitative estimate of drug-likeness (QED) is 0.0818. The van der Waals surface area contributed by atoms with Gasteiger partial charge in [0.05, 0.1) is 61.0 Å². The van der Waals surface area contributed by atoms with Crippen molar-refractivity contribution >= 4 is 34.7 Å². The highest BCUT2D eigenvalue weighted by Crippen LogP contribution is 2.19. The van der Waals surface area contributed by atoms with E-state index in [4.69, 9.17) is 21.1 Å². The molecule has 28 nitrogen and oxygen atoms in total. The Hall–Kier alpha value is -8.06. The van der Waals surface area contributed by atoms with Gasteiger partial charge in [0.15, 0.2) is 5.82 Å². The Morgan fingerprint density at radius 2 is 0.922 bits per heavy atom. The second kappa shape index (κ2) is 51.2. The first kappa shape index (κ1) is 93.0. The minimum absolute atomic E-state index is 0.369. The van der Waals surface area contributed by atoms with Gasteiger partial charge in [-0.25, -0.2) is 54.8 Å². The smallest absolute Gasteiger partial charge is 0.176 e. The van der Waals surface area contributed by atoms with Crippen LogP contribution in [0.2, 0.25) is 5.15 Å². The molecule has 0 spiro atoms. The molecule has 0 saturated heterocycles. The molecule has 0 N–H and O–H groups in total. The van der Waals surface area contributed by atoms with Gasteiger partial charge in [0.25, 0.3) is 0 Å². The van der Waals surface area contributed by atoms with Crippen LogP contribution >= 0.6 is 34.7 Å². The molecule has 0 saturated carbocycles. The molecule has 103 heavy (non-hydrogen) atoms. The van der Waals surface area contributed by atoms with Crippen molar-refractivity contribution in [3.8, 4) is 0 Å². The Morgan fingerprint density at radius 1 is 0.417 bits per heavy atom. The first-order chi connectivity index (χ1) is 48.6. The van der Waals surface area contributed by atoms with E-state index in [0.29, 0.717) is 79.4 Å². The van der Waals surface area contributed by atoms with E-state index in [1.54, 1.807) is 69.4 Å². The lowest BCUT2D eigenvalue weighted by Crippen LogP contribution is -2.01. The summed E-state index contributed by atoms with van der Waals surface area (Å²) in [5.41, 5.74) is 4.15. The van der Waals surface area contributed by atoms with Gasteiger partial charge < -0.3 is 32.3 Å². The van der Waals surface area contributed by atoms with E-state index in [1.807, 2.05) is 90.2 Å². The number of halogens is 1. The molecule has 574 valence electrons.